The summed E-state index contributed by atoms with van der Waals surface area (Å²) >= 11 is 0.495. The van der Waals surface area contributed by atoms with E-state index < -0.39 is 26.5 Å². The van der Waals surface area contributed by atoms with Crippen molar-refractivity contribution >= 4 is 37.7 Å². The van der Waals surface area contributed by atoms with Crippen molar-refractivity contribution in [3.8, 4) is 5.82 Å². The Balaban J connectivity index is 1.59. The van der Waals surface area contributed by atoms with Gasteiger partial charge in [-0.15, -0.1) is 0 Å². The molecule has 182 valence electrons. The molecule has 0 saturated carbocycles. The Kier molecular flexibility index (Phi) is 6.98. The second-order valence-corrected chi connectivity index (χ2v) is 11.9. The molecule has 0 spiro atoms. The molecular weight excluding hydrogens is 489 g/mol. The van der Waals surface area contributed by atoms with Crippen LogP contribution in [0, 0.1) is 12.1 Å². The molecule has 1 aromatic carbocycles. The second kappa shape index (κ2) is 9.80. The topological polar surface area (TPSA) is 89.3 Å². The molecule has 0 aliphatic carbocycles. The number of aromatic nitrogens is 2. The van der Waals surface area contributed by atoms with Gasteiger partial charge in [-0.2, -0.15) is 4.39 Å². The standard InChI is InChI=1S/C25H24FN3O4S2/c1-16-4-6-20-21(10-16)18(13-28(2)3)14-29(25(20)31)23-8-5-17(12-27-23)11-19(30)15-35(32,33)24-9-7-22(26)34-24/h4-10,12,14H,11,13,15H2,1-3H3. The summed E-state index contributed by atoms with van der Waals surface area (Å²) in [5.74, 6) is -0.846. The number of ketones is 1. The summed E-state index contributed by atoms with van der Waals surface area (Å²) in [6.07, 6.45) is 3.10. The van der Waals surface area contributed by atoms with E-state index in [0.717, 1.165) is 28.6 Å². The van der Waals surface area contributed by atoms with Crippen molar-refractivity contribution in [3.63, 3.8) is 0 Å². The van der Waals surface area contributed by atoms with Crippen LogP contribution in [0.3, 0.4) is 0 Å². The summed E-state index contributed by atoms with van der Waals surface area (Å²) in [5, 5.41) is 0.865. The summed E-state index contributed by atoms with van der Waals surface area (Å²) in [4.78, 5) is 32.0. The molecule has 0 unspecified atom stereocenters. The zero-order valence-corrected chi connectivity index (χ0v) is 21.1. The maximum atomic E-state index is 13.2. The zero-order valence-electron chi connectivity index (χ0n) is 19.5. The minimum absolute atomic E-state index is 0.141. The number of aryl methyl sites for hydroxylation is 1. The van der Waals surface area contributed by atoms with Crippen molar-refractivity contribution in [1.82, 2.24) is 14.5 Å². The molecule has 35 heavy (non-hydrogen) atoms. The Bertz CT molecular complexity index is 1570. The monoisotopic (exact) mass is 513 g/mol. The molecule has 10 heteroatoms. The third-order valence-electron chi connectivity index (χ3n) is 5.41. The number of nitrogens with zero attached hydrogens (tertiary/aromatic N) is 3. The minimum Gasteiger partial charge on any atom is -0.305 e. The Hall–Kier alpha value is -3.21. The second-order valence-electron chi connectivity index (χ2n) is 8.67. The Morgan fingerprint density at radius 2 is 1.89 bits per heavy atom. The van der Waals surface area contributed by atoms with Gasteiger partial charge in [0, 0.05) is 30.7 Å². The SMILES string of the molecule is Cc1ccc2c(=O)n(-c3ccc(CC(=O)CS(=O)(=O)c4ccc(F)s4)cn3)cc(CN(C)C)c2c1. The Morgan fingerprint density at radius 3 is 2.51 bits per heavy atom. The van der Waals surface area contributed by atoms with Crippen molar-refractivity contribution in [2.75, 3.05) is 19.8 Å². The van der Waals surface area contributed by atoms with Crippen LogP contribution in [0.25, 0.3) is 16.6 Å². The maximum absolute atomic E-state index is 13.2. The highest BCUT2D eigenvalue weighted by atomic mass is 32.2. The van der Waals surface area contributed by atoms with Crippen LogP contribution in [-0.2, 0) is 27.6 Å². The van der Waals surface area contributed by atoms with E-state index in [1.807, 2.05) is 44.1 Å². The van der Waals surface area contributed by atoms with Gasteiger partial charge in [-0.05, 0) is 61.8 Å². The minimum atomic E-state index is -3.90. The van der Waals surface area contributed by atoms with Crippen LogP contribution in [0.4, 0.5) is 4.39 Å². The number of fused-ring (bicyclic) bond motifs is 1. The van der Waals surface area contributed by atoms with Gasteiger partial charge >= 0.3 is 0 Å². The summed E-state index contributed by atoms with van der Waals surface area (Å²) < 4.78 is 39.1. The lowest BCUT2D eigenvalue weighted by Crippen LogP contribution is -2.22. The van der Waals surface area contributed by atoms with E-state index in [2.05, 4.69) is 4.98 Å². The number of rotatable bonds is 8. The molecule has 0 aliphatic rings. The van der Waals surface area contributed by atoms with Crippen LogP contribution >= 0.6 is 11.3 Å². The van der Waals surface area contributed by atoms with E-state index >= 15 is 0 Å². The average Bonchev–Trinajstić information content (AvgIpc) is 3.23. The normalized spacial score (nSPS) is 11.9. The highest BCUT2D eigenvalue weighted by Gasteiger charge is 2.22. The van der Waals surface area contributed by atoms with E-state index in [1.165, 1.54) is 10.8 Å². The molecule has 4 aromatic rings. The van der Waals surface area contributed by atoms with E-state index in [0.29, 0.717) is 34.6 Å². The van der Waals surface area contributed by atoms with Gasteiger partial charge in [0.1, 0.15) is 15.8 Å². The van der Waals surface area contributed by atoms with E-state index in [-0.39, 0.29) is 16.2 Å². The quantitative estimate of drug-likeness (QED) is 0.358. The molecule has 7 nitrogen and oxygen atoms in total. The number of benzene rings is 1. The number of hydrogen-bond acceptors (Lipinski definition) is 7. The van der Waals surface area contributed by atoms with Crippen molar-refractivity contribution in [1.29, 1.82) is 0 Å². The lowest BCUT2D eigenvalue weighted by molar-refractivity contribution is -0.116. The first-order chi connectivity index (χ1) is 16.5. The van der Waals surface area contributed by atoms with E-state index in [4.69, 9.17) is 0 Å². The number of Topliss-reactive ketones (excluding diaryl/α,β-unsaturated/α-hetero) is 1. The number of carbonyl (C=O) groups excluding carboxylic acids is 1. The first-order valence-corrected chi connectivity index (χ1v) is 13.2. The number of thiophene rings is 1. The number of halogens is 1. The maximum Gasteiger partial charge on any atom is 0.264 e. The predicted molar refractivity (Wildman–Crippen MR) is 135 cm³/mol. The van der Waals surface area contributed by atoms with Gasteiger partial charge in [-0.25, -0.2) is 13.4 Å². The lowest BCUT2D eigenvalue weighted by atomic mass is 10.0. The molecule has 3 aromatic heterocycles. The van der Waals surface area contributed by atoms with Crippen molar-refractivity contribution < 1.29 is 17.6 Å². The summed E-state index contributed by atoms with van der Waals surface area (Å²) in [6.45, 7) is 2.62. The molecule has 0 saturated heterocycles. The van der Waals surface area contributed by atoms with Gasteiger partial charge in [-0.1, -0.05) is 35.1 Å². The van der Waals surface area contributed by atoms with Crippen molar-refractivity contribution in [3.05, 3.63) is 87.0 Å². The smallest absolute Gasteiger partial charge is 0.264 e. The molecule has 0 bridgehead atoms. The van der Waals surface area contributed by atoms with Gasteiger partial charge in [-0.3, -0.25) is 14.2 Å². The van der Waals surface area contributed by atoms with Gasteiger partial charge in [0.25, 0.3) is 5.56 Å². The largest absolute Gasteiger partial charge is 0.305 e. The van der Waals surface area contributed by atoms with Gasteiger partial charge in [0.15, 0.2) is 20.8 Å². The molecule has 0 fully saturated rings. The zero-order chi connectivity index (χ0) is 25.3. The molecule has 0 amide bonds. The summed E-state index contributed by atoms with van der Waals surface area (Å²) in [5.41, 5.74) is 2.36. The molecule has 0 aliphatic heterocycles. The van der Waals surface area contributed by atoms with Crippen LogP contribution in [0.5, 0.6) is 0 Å². The van der Waals surface area contributed by atoms with Crippen LogP contribution in [0.1, 0.15) is 16.7 Å². The fourth-order valence-corrected chi connectivity index (χ4v) is 6.18. The van der Waals surface area contributed by atoms with Crippen molar-refractivity contribution in [2.45, 2.75) is 24.1 Å². The highest BCUT2D eigenvalue weighted by Crippen LogP contribution is 2.22. The molecule has 0 atom stereocenters. The molecule has 0 N–H and O–H groups in total. The number of hydrogen-bond donors (Lipinski definition) is 0. The highest BCUT2D eigenvalue weighted by molar-refractivity contribution is 7.94. The Morgan fingerprint density at radius 1 is 1.11 bits per heavy atom. The third kappa shape index (κ3) is 5.55. The van der Waals surface area contributed by atoms with Crippen LogP contribution in [0.2, 0.25) is 0 Å². The van der Waals surface area contributed by atoms with Crippen LogP contribution < -0.4 is 5.56 Å². The van der Waals surface area contributed by atoms with E-state index in [9.17, 15) is 22.4 Å². The molecule has 0 radical (unpaired) electrons. The van der Waals surface area contributed by atoms with Crippen LogP contribution in [0.15, 0.2) is 63.9 Å². The average molecular weight is 514 g/mol. The number of sulfone groups is 1. The lowest BCUT2D eigenvalue weighted by Gasteiger charge is -2.16. The van der Waals surface area contributed by atoms with Gasteiger partial charge in [0.2, 0.25) is 0 Å². The molecule has 4 rings (SSSR count). The van der Waals surface area contributed by atoms with Crippen molar-refractivity contribution in [2.24, 2.45) is 0 Å². The predicted octanol–water partition coefficient (Wildman–Crippen LogP) is 3.54. The first kappa shape index (κ1) is 24.9. The Labute approximate surface area is 206 Å². The summed E-state index contributed by atoms with van der Waals surface area (Å²) in [6, 6.07) is 11.2. The van der Waals surface area contributed by atoms with Crippen LogP contribution in [-0.4, -0.2) is 48.5 Å². The van der Waals surface area contributed by atoms with Gasteiger partial charge < -0.3 is 4.90 Å². The van der Waals surface area contributed by atoms with Gasteiger partial charge in [0.05, 0.1) is 0 Å². The number of pyridine rings is 2. The fraction of sp³-hybridized carbons (Fsp3) is 0.240. The summed E-state index contributed by atoms with van der Waals surface area (Å²) in [7, 11) is 0.0142. The molecular formula is C25H24FN3O4S2. The molecule has 3 heterocycles. The first-order valence-electron chi connectivity index (χ1n) is 10.8. The fourth-order valence-electron chi connectivity index (χ4n) is 3.85. The third-order valence-corrected chi connectivity index (χ3v) is 8.54. The number of carbonyl (C=O) groups is 1. The van der Waals surface area contributed by atoms with E-state index in [1.54, 1.807) is 18.3 Å².